The number of nitrogens with one attached hydrogen (secondary N) is 1. The molecule has 2 aromatic rings. The first-order valence-corrected chi connectivity index (χ1v) is 7.23. The summed E-state index contributed by atoms with van der Waals surface area (Å²) in [5.74, 6) is -0.0802. The van der Waals surface area contributed by atoms with Gasteiger partial charge in [-0.1, -0.05) is 30.3 Å². The normalized spacial score (nSPS) is 10.1. The number of benzene rings is 2. The highest BCUT2D eigenvalue weighted by Crippen LogP contribution is 2.13. The van der Waals surface area contributed by atoms with Crippen LogP contribution < -0.4 is 10.2 Å². The molecule has 0 unspecified atom stereocenters. The molecular formula is C18H20N2O2. The molecule has 0 radical (unpaired) electrons. The van der Waals surface area contributed by atoms with E-state index in [4.69, 9.17) is 0 Å². The zero-order chi connectivity index (χ0) is 15.9. The second-order valence-corrected chi connectivity index (χ2v) is 5.19. The molecule has 4 nitrogen and oxygen atoms in total. The molecule has 2 rings (SSSR count). The molecule has 0 aliphatic carbocycles. The van der Waals surface area contributed by atoms with Crippen molar-refractivity contribution in [3.8, 4) is 0 Å². The van der Waals surface area contributed by atoms with Crippen LogP contribution in [0.5, 0.6) is 0 Å². The number of Topliss-reactive ketones (excluding diaryl/α,β-unsaturated/α-hetero) is 1. The first-order valence-electron chi connectivity index (χ1n) is 7.23. The van der Waals surface area contributed by atoms with Gasteiger partial charge in [-0.15, -0.1) is 0 Å². The van der Waals surface area contributed by atoms with Crippen LogP contribution >= 0.6 is 0 Å². The largest absolute Gasteiger partial charge is 0.374 e. The van der Waals surface area contributed by atoms with E-state index in [0.717, 1.165) is 5.69 Å². The van der Waals surface area contributed by atoms with Gasteiger partial charge in [-0.2, -0.15) is 0 Å². The summed E-state index contributed by atoms with van der Waals surface area (Å²) in [6.07, 6.45) is 0.385. The van der Waals surface area contributed by atoms with E-state index in [-0.39, 0.29) is 11.7 Å². The van der Waals surface area contributed by atoms with Crippen LogP contribution in [0.3, 0.4) is 0 Å². The number of ketones is 1. The van der Waals surface area contributed by atoms with E-state index in [1.807, 2.05) is 42.3 Å². The van der Waals surface area contributed by atoms with Crippen LogP contribution in [0.15, 0.2) is 54.6 Å². The van der Waals surface area contributed by atoms with Gasteiger partial charge in [-0.25, -0.2) is 0 Å². The molecule has 2 aromatic carbocycles. The highest BCUT2D eigenvalue weighted by Gasteiger charge is 2.07. The third kappa shape index (κ3) is 4.45. The van der Waals surface area contributed by atoms with Crippen molar-refractivity contribution in [3.63, 3.8) is 0 Å². The smallest absolute Gasteiger partial charge is 0.226 e. The van der Waals surface area contributed by atoms with Crippen molar-refractivity contribution in [2.75, 3.05) is 23.8 Å². The van der Waals surface area contributed by atoms with E-state index in [1.165, 1.54) is 6.92 Å². The van der Waals surface area contributed by atoms with Gasteiger partial charge in [-0.05, 0) is 31.2 Å². The lowest BCUT2D eigenvalue weighted by atomic mass is 10.1. The third-order valence-electron chi connectivity index (χ3n) is 3.42. The summed E-state index contributed by atoms with van der Waals surface area (Å²) >= 11 is 0. The standard InChI is InChI=1S/C18H20N2O2/c1-14(21)15-7-6-8-16(13-15)19-18(22)11-12-20(2)17-9-4-3-5-10-17/h3-10,13H,11-12H2,1-2H3,(H,19,22). The number of carbonyl (C=O) groups excluding carboxylic acids is 2. The molecule has 0 aliphatic rings. The van der Waals surface area contributed by atoms with E-state index in [9.17, 15) is 9.59 Å². The molecule has 0 bridgehead atoms. The minimum absolute atomic E-state index is 0.0140. The number of hydrogen-bond acceptors (Lipinski definition) is 3. The van der Waals surface area contributed by atoms with Gasteiger partial charge in [-0.3, -0.25) is 9.59 Å². The van der Waals surface area contributed by atoms with Crippen LogP contribution in [0.25, 0.3) is 0 Å². The zero-order valence-corrected chi connectivity index (χ0v) is 12.9. The van der Waals surface area contributed by atoms with E-state index in [1.54, 1.807) is 24.3 Å². The Morgan fingerprint density at radius 3 is 2.45 bits per heavy atom. The minimum atomic E-state index is -0.0662. The number of carbonyl (C=O) groups is 2. The molecular weight excluding hydrogens is 276 g/mol. The van der Waals surface area contributed by atoms with Crippen molar-refractivity contribution < 1.29 is 9.59 Å². The topological polar surface area (TPSA) is 49.4 Å². The summed E-state index contributed by atoms with van der Waals surface area (Å²) in [4.78, 5) is 25.4. The Hall–Kier alpha value is -2.62. The summed E-state index contributed by atoms with van der Waals surface area (Å²) in [5.41, 5.74) is 2.33. The van der Waals surface area contributed by atoms with Crippen LogP contribution in [-0.4, -0.2) is 25.3 Å². The number of rotatable bonds is 6. The number of hydrogen-bond donors (Lipinski definition) is 1. The summed E-state index contributed by atoms with van der Waals surface area (Å²) in [6, 6.07) is 16.9. The maximum atomic E-state index is 12.0. The quantitative estimate of drug-likeness (QED) is 0.832. The molecule has 0 spiro atoms. The summed E-state index contributed by atoms with van der Waals surface area (Å²) in [6.45, 7) is 2.14. The van der Waals surface area contributed by atoms with Crippen molar-refractivity contribution >= 4 is 23.1 Å². The maximum absolute atomic E-state index is 12.0. The first-order chi connectivity index (χ1) is 10.6. The van der Waals surface area contributed by atoms with Crippen LogP contribution in [0.1, 0.15) is 23.7 Å². The molecule has 0 aliphatic heterocycles. The average molecular weight is 296 g/mol. The number of nitrogens with zero attached hydrogens (tertiary/aromatic N) is 1. The summed E-state index contributed by atoms with van der Waals surface area (Å²) in [7, 11) is 1.96. The van der Waals surface area contributed by atoms with E-state index in [2.05, 4.69) is 5.32 Å². The summed E-state index contributed by atoms with van der Waals surface area (Å²) in [5, 5.41) is 2.83. The van der Waals surface area contributed by atoms with E-state index < -0.39 is 0 Å². The number of para-hydroxylation sites is 1. The monoisotopic (exact) mass is 296 g/mol. The lowest BCUT2D eigenvalue weighted by molar-refractivity contribution is -0.116. The van der Waals surface area contributed by atoms with Gasteiger partial charge in [0.25, 0.3) is 0 Å². The predicted octanol–water partition coefficient (Wildman–Crippen LogP) is 3.35. The van der Waals surface area contributed by atoms with Crippen LogP contribution in [-0.2, 0) is 4.79 Å². The predicted molar refractivity (Wildman–Crippen MR) is 89.4 cm³/mol. The molecule has 4 heteroatoms. The van der Waals surface area contributed by atoms with Crippen LogP contribution in [0, 0.1) is 0 Å². The number of amides is 1. The molecule has 0 saturated carbocycles. The fourth-order valence-electron chi connectivity index (χ4n) is 2.12. The molecule has 1 N–H and O–H groups in total. The van der Waals surface area contributed by atoms with Gasteiger partial charge in [0.2, 0.25) is 5.91 Å². The Kier molecular flexibility index (Phi) is 5.31. The van der Waals surface area contributed by atoms with Crippen molar-refractivity contribution in [1.82, 2.24) is 0 Å². The maximum Gasteiger partial charge on any atom is 0.226 e. The van der Waals surface area contributed by atoms with Crippen molar-refractivity contribution in [3.05, 3.63) is 60.2 Å². The van der Waals surface area contributed by atoms with E-state index in [0.29, 0.717) is 24.2 Å². The Morgan fingerprint density at radius 2 is 1.77 bits per heavy atom. The lowest BCUT2D eigenvalue weighted by Crippen LogP contribution is -2.23. The Bertz CT molecular complexity index is 653. The van der Waals surface area contributed by atoms with Crippen LogP contribution in [0.2, 0.25) is 0 Å². The highest BCUT2D eigenvalue weighted by atomic mass is 16.1. The molecule has 114 valence electrons. The SMILES string of the molecule is CC(=O)c1cccc(NC(=O)CCN(C)c2ccccc2)c1. The van der Waals surface area contributed by atoms with Gasteiger partial charge >= 0.3 is 0 Å². The Morgan fingerprint density at radius 1 is 1.05 bits per heavy atom. The summed E-state index contributed by atoms with van der Waals surface area (Å²) < 4.78 is 0. The molecule has 0 atom stereocenters. The zero-order valence-electron chi connectivity index (χ0n) is 12.9. The van der Waals surface area contributed by atoms with Gasteiger partial charge in [0.15, 0.2) is 5.78 Å². The van der Waals surface area contributed by atoms with Crippen molar-refractivity contribution in [2.45, 2.75) is 13.3 Å². The molecule has 22 heavy (non-hydrogen) atoms. The lowest BCUT2D eigenvalue weighted by Gasteiger charge is -2.18. The Balaban J connectivity index is 1.88. The van der Waals surface area contributed by atoms with Gasteiger partial charge in [0.1, 0.15) is 0 Å². The van der Waals surface area contributed by atoms with Crippen molar-refractivity contribution in [1.29, 1.82) is 0 Å². The average Bonchev–Trinajstić information content (AvgIpc) is 2.53. The minimum Gasteiger partial charge on any atom is -0.374 e. The fraction of sp³-hybridized carbons (Fsp3) is 0.222. The molecule has 0 aromatic heterocycles. The molecule has 0 heterocycles. The van der Waals surface area contributed by atoms with Gasteiger partial charge in [0, 0.05) is 37.0 Å². The Labute approximate surface area is 130 Å². The van der Waals surface area contributed by atoms with E-state index >= 15 is 0 Å². The van der Waals surface area contributed by atoms with Crippen LogP contribution in [0.4, 0.5) is 11.4 Å². The second kappa shape index (κ2) is 7.41. The van der Waals surface area contributed by atoms with Gasteiger partial charge < -0.3 is 10.2 Å². The first kappa shape index (κ1) is 15.8. The number of anilines is 2. The molecule has 0 saturated heterocycles. The fourth-order valence-corrected chi connectivity index (χ4v) is 2.12. The van der Waals surface area contributed by atoms with Gasteiger partial charge in [0.05, 0.1) is 0 Å². The molecule has 1 amide bonds. The second-order valence-electron chi connectivity index (χ2n) is 5.19. The third-order valence-corrected chi connectivity index (χ3v) is 3.42. The van der Waals surface area contributed by atoms with Crippen molar-refractivity contribution in [2.24, 2.45) is 0 Å². The molecule has 0 fully saturated rings. The highest BCUT2D eigenvalue weighted by molar-refractivity contribution is 5.97.